The van der Waals surface area contributed by atoms with Gasteiger partial charge < -0.3 is 0 Å². The molecule has 1 aromatic carbocycles. The van der Waals surface area contributed by atoms with Crippen molar-refractivity contribution >= 4 is 21.6 Å². The van der Waals surface area contributed by atoms with Crippen molar-refractivity contribution in [1.82, 2.24) is 9.55 Å². The number of alkyl halides is 1. The molecule has 0 saturated carbocycles. The van der Waals surface area contributed by atoms with Crippen LogP contribution in [0.4, 0.5) is 4.39 Å². The molecular formula is C19H21FN2OS. The first-order valence-electron chi connectivity index (χ1n) is 7.98. The number of nitrogens with zero attached hydrogens (tertiary/aromatic N) is 2. The fourth-order valence-corrected chi connectivity index (χ4v) is 3.82. The molecule has 0 unspecified atom stereocenters. The van der Waals surface area contributed by atoms with Gasteiger partial charge in [-0.25, -0.2) is 9.37 Å². The summed E-state index contributed by atoms with van der Waals surface area (Å²) in [5.41, 5.74) is 3.03. The van der Waals surface area contributed by atoms with E-state index in [2.05, 4.69) is 37.9 Å². The van der Waals surface area contributed by atoms with Gasteiger partial charge in [-0.1, -0.05) is 45.0 Å². The summed E-state index contributed by atoms with van der Waals surface area (Å²) < 4.78 is 14.2. The van der Waals surface area contributed by atoms with Crippen molar-refractivity contribution < 1.29 is 4.39 Å². The Kier molecular flexibility index (Phi) is 4.30. The summed E-state index contributed by atoms with van der Waals surface area (Å²) in [6.07, 6.45) is 0. The molecule has 0 fully saturated rings. The van der Waals surface area contributed by atoms with Gasteiger partial charge in [0.25, 0.3) is 5.56 Å². The minimum atomic E-state index is -0.576. The molecular weight excluding hydrogens is 323 g/mol. The van der Waals surface area contributed by atoms with Crippen LogP contribution < -0.4 is 5.56 Å². The molecule has 5 heteroatoms. The predicted molar refractivity (Wildman–Crippen MR) is 98.7 cm³/mol. The monoisotopic (exact) mass is 344 g/mol. The largest absolute Gasteiger partial charge is 0.294 e. The lowest BCUT2D eigenvalue weighted by atomic mass is 9.86. The molecule has 0 aliphatic carbocycles. The second-order valence-electron chi connectivity index (χ2n) is 6.96. The van der Waals surface area contributed by atoms with E-state index in [-0.39, 0.29) is 17.5 Å². The van der Waals surface area contributed by atoms with E-state index in [1.54, 1.807) is 6.92 Å². The zero-order chi connectivity index (χ0) is 17.5. The summed E-state index contributed by atoms with van der Waals surface area (Å²) in [4.78, 5) is 18.0. The molecule has 0 bridgehead atoms. The summed E-state index contributed by atoms with van der Waals surface area (Å²) in [6.45, 7) is 7.73. The molecule has 0 aliphatic heterocycles. The standard InChI is InChI=1S/C19H21FN2OS/c1-12-21-17-16(18(23)22(12)10-9-20)15(11-24-17)13-5-7-14(8-6-13)19(2,3)4/h5-8,11H,9-10H2,1-4H3. The lowest BCUT2D eigenvalue weighted by Gasteiger charge is -2.19. The lowest BCUT2D eigenvalue weighted by molar-refractivity contribution is 0.435. The van der Waals surface area contributed by atoms with Gasteiger partial charge in [-0.05, 0) is 23.5 Å². The van der Waals surface area contributed by atoms with Crippen molar-refractivity contribution in [2.75, 3.05) is 6.67 Å². The fourth-order valence-electron chi connectivity index (χ4n) is 2.84. The van der Waals surface area contributed by atoms with Crippen molar-refractivity contribution in [3.8, 4) is 11.1 Å². The molecule has 24 heavy (non-hydrogen) atoms. The number of benzene rings is 1. The van der Waals surface area contributed by atoms with Crippen LogP contribution in [0.1, 0.15) is 32.2 Å². The van der Waals surface area contributed by atoms with E-state index < -0.39 is 6.67 Å². The maximum absolute atomic E-state index is 12.8. The quantitative estimate of drug-likeness (QED) is 0.690. The van der Waals surface area contributed by atoms with Crippen LogP contribution in [0.15, 0.2) is 34.4 Å². The zero-order valence-corrected chi connectivity index (χ0v) is 15.2. The number of hydrogen-bond acceptors (Lipinski definition) is 3. The molecule has 2 heterocycles. The topological polar surface area (TPSA) is 34.9 Å². The molecule has 0 radical (unpaired) electrons. The van der Waals surface area contributed by atoms with Crippen LogP contribution in [-0.4, -0.2) is 16.2 Å². The van der Waals surface area contributed by atoms with Gasteiger partial charge in [-0.3, -0.25) is 9.36 Å². The first kappa shape index (κ1) is 16.8. The predicted octanol–water partition coefficient (Wildman–Crippen LogP) is 4.70. The number of thiophene rings is 1. The first-order valence-corrected chi connectivity index (χ1v) is 8.86. The van der Waals surface area contributed by atoms with Crippen LogP contribution in [0.3, 0.4) is 0 Å². The molecule has 0 atom stereocenters. The summed E-state index contributed by atoms with van der Waals surface area (Å²) in [6, 6.07) is 8.28. The summed E-state index contributed by atoms with van der Waals surface area (Å²) in [5.74, 6) is 0.557. The second kappa shape index (κ2) is 6.13. The number of aromatic nitrogens is 2. The SMILES string of the molecule is Cc1nc2scc(-c3ccc(C(C)(C)C)cc3)c2c(=O)n1CCF. The fraction of sp³-hybridized carbons (Fsp3) is 0.368. The Labute approximate surface area is 144 Å². The van der Waals surface area contributed by atoms with Gasteiger partial charge in [0.15, 0.2) is 0 Å². The third kappa shape index (κ3) is 2.88. The number of aryl methyl sites for hydroxylation is 1. The molecule has 2 aromatic heterocycles. The lowest BCUT2D eigenvalue weighted by Crippen LogP contribution is -2.24. The highest BCUT2D eigenvalue weighted by atomic mass is 32.1. The molecule has 0 saturated heterocycles. The van der Waals surface area contributed by atoms with Gasteiger partial charge in [0.2, 0.25) is 0 Å². The van der Waals surface area contributed by atoms with Crippen LogP contribution in [-0.2, 0) is 12.0 Å². The summed E-state index contributed by atoms with van der Waals surface area (Å²) >= 11 is 1.46. The minimum absolute atomic E-state index is 0.0475. The van der Waals surface area contributed by atoms with E-state index in [0.29, 0.717) is 16.0 Å². The van der Waals surface area contributed by atoms with Crippen molar-refractivity contribution in [3.05, 3.63) is 51.4 Å². The Balaban J connectivity index is 2.17. The average molecular weight is 344 g/mol. The maximum atomic E-state index is 12.8. The van der Waals surface area contributed by atoms with Crippen LogP contribution in [0.25, 0.3) is 21.3 Å². The van der Waals surface area contributed by atoms with E-state index in [4.69, 9.17) is 0 Å². The van der Waals surface area contributed by atoms with Crippen molar-refractivity contribution in [3.63, 3.8) is 0 Å². The van der Waals surface area contributed by atoms with Gasteiger partial charge in [0.1, 0.15) is 17.3 Å². The second-order valence-corrected chi connectivity index (χ2v) is 7.82. The van der Waals surface area contributed by atoms with Gasteiger partial charge >= 0.3 is 0 Å². The molecule has 126 valence electrons. The molecule has 3 nitrogen and oxygen atoms in total. The zero-order valence-electron chi connectivity index (χ0n) is 14.4. The Hall–Kier alpha value is -2.01. The van der Waals surface area contributed by atoms with Gasteiger partial charge in [0.05, 0.1) is 11.9 Å². The van der Waals surface area contributed by atoms with Crippen LogP contribution in [0.5, 0.6) is 0 Å². The van der Waals surface area contributed by atoms with Crippen molar-refractivity contribution in [2.24, 2.45) is 0 Å². The Morgan fingerprint density at radius 2 is 1.88 bits per heavy atom. The minimum Gasteiger partial charge on any atom is -0.294 e. The summed E-state index contributed by atoms with van der Waals surface area (Å²) in [7, 11) is 0. The van der Waals surface area contributed by atoms with E-state index in [9.17, 15) is 9.18 Å². The smallest absolute Gasteiger partial charge is 0.262 e. The highest BCUT2D eigenvalue weighted by Crippen LogP contribution is 2.32. The van der Waals surface area contributed by atoms with Crippen molar-refractivity contribution in [1.29, 1.82) is 0 Å². The Morgan fingerprint density at radius 3 is 2.46 bits per heavy atom. The third-order valence-electron chi connectivity index (χ3n) is 4.25. The molecule has 0 spiro atoms. The molecule has 0 amide bonds. The Morgan fingerprint density at radius 1 is 1.21 bits per heavy atom. The molecule has 3 rings (SSSR count). The number of halogens is 1. The van der Waals surface area contributed by atoms with Crippen LogP contribution in [0.2, 0.25) is 0 Å². The van der Waals surface area contributed by atoms with E-state index in [1.165, 1.54) is 21.5 Å². The van der Waals surface area contributed by atoms with Crippen molar-refractivity contribution in [2.45, 2.75) is 39.7 Å². The number of hydrogen-bond donors (Lipinski definition) is 0. The maximum Gasteiger partial charge on any atom is 0.262 e. The van der Waals surface area contributed by atoms with Crippen LogP contribution in [0, 0.1) is 6.92 Å². The van der Waals surface area contributed by atoms with Gasteiger partial charge in [-0.2, -0.15) is 0 Å². The van der Waals surface area contributed by atoms with E-state index >= 15 is 0 Å². The number of rotatable bonds is 3. The summed E-state index contributed by atoms with van der Waals surface area (Å²) in [5, 5.41) is 2.55. The normalized spacial score (nSPS) is 12.0. The first-order chi connectivity index (χ1) is 11.3. The molecule has 0 N–H and O–H groups in total. The number of fused-ring (bicyclic) bond motifs is 1. The average Bonchev–Trinajstić information content (AvgIpc) is 2.94. The van der Waals surface area contributed by atoms with Crippen LogP contribution >= 0.6 is 11.3 Å². The highest BCUT2D eigenvalue weighted by Gasteiger charge is 2.17. The van der Waals surface area contributed by atoms with Gasteiger partial charge in [-0.15, -0.1) is 11.3 Å². The third-order valence-corrected chi connectivity index (χ3v) is 5.13. The molecule has 3 aromatic rings. The highest BCUT2D eigenvalue weighted by molar-refractivity contribution is 7.17. The Bertz CT molecular complexity index is 933. The van der Waals surface area contributed by atoms with E-state index in [0.717, 1.165) is 11.1 Å². The van der Waals surface area contributed by atoms with Gasteiger partial charge in [0, 0.05) is 10.9 Å². The van der Waals surface area contributed by atoms with E-state index in [1.807, 2.05) is 17.5 Å². The molecule has 0 aliphatic rings.